The van der Waals surface area contributed by atoms with E-state index in [1.165, 1.54) is 0 Å². The van der Waals surface area contributed by atoms with E-state index in [0.717, 1.165) is 7.11 Å². The topological polar surface area (TPSA) is 84.9 Å². The van der Waals surface area contributed by atoms with Crippen molar-refractivity contribution in [2.45, 2.75) is 0 Å². The minimum atomic E-state index is -3.92. The van der Waals surface area contributed by atoms with Crippen LogP contribution in [0.25, 0.3) is 0 Å². The minimum Gasteiger partial charge on any atom is -0.340 e. The average molecular weight is 245 g/mol. The molecule has 0 aliphatic carbocycles. The van der Waals surface area contributed by atoms with E-state index in [-0.39, 0.29) is 0 Å². The molecule has 0 fully saturated rings. The molecule has 1 aromatic carbocycles. The number of amides is 1. The Labute approximate surface area is 92.7 Å². The van der Waals surface area contributed by atoms with Crippen molar-refractivity contribution >= 4 is 13.5 Å². The molecule has 1 atom stereocenters. The largest absolute Gasteiger partial charge is 0.374 e. The van der Waals surface area contributed by atoms with Gasteiger partial charge >= 0.3 is 7.60 Å². The predicted octanol–water partition coefficient (Wildman–Crippen LogP) is 1.14. The fraction of sp³-hybridized carbons (Fsp3) is 0.222. The monoisotopic (exact) mass is 245 g/mol. The smallest absolute Gasteiger partial charge is 0.340 e. The third-order valence-corrected chi connectivity index (χ3v) is 2.61. The van der Waals surface area contributed by atoms with Crippen molar-refractivity contribution in [2.24, 2.45) is 0 Å². The average Bonchev–Trinajstić information content (AvgIpc) is 2.27. The molecule has 0 heterocycles. The molecule has 2 N–H and O–H groups in total. The molecule has 1 rings (SSSR count). The van der Waals surface area contributed by atoms with Crippen molar-refractivity contribution < 1.29 is 23.8 Å². The van der Waals surface area contributed by atoms with Gasteiger partial charge in [0.25, 0.3) is 5.91 Å². The van der Waals surface area contributed by atoms with E-state index in [4.69, 9.17) is 4.89 Å². The van der Waals surface area contributed by atoms with Crippen LogP contribution in [-0.4, -0.2) is 24.2 Å². The Kier molecular flexibility index (Phi) is 4.64. The van der Waals surface area contributed by atoms with Crippen LogP contribution in [-0.2, 0) is 14.1 Å². The first-order valence-corrected chi connectivity index (χ1v) is 6.19. The van der Waals surface area contributed by atoms with Crippen molar-refractivity contribution in [3.05, 3.63) is 35.9 Å². The van der Waals surface area contributed by atoms with E-state index >= 15 is 0 Å². The second-order valence-corrected chi connectivity index (χ2v) is 4.65. The zero-order chi connectivity index (χ0) is 12.0. The summed E-state index contributed by atoms with van der Waals surface area (Å²) in [7, 11) is -2.81. The maximum atomic E-state index is 11.5. The summed E-state index contributed by atoms with van der Waals surface area (Å²) in [5, 5.41) is 2.27. The van der Waals surface area contributed by atoms with Gasteiger partial charge in [-0.1, -0.05) is 18.2 Å². The number of carbonyl (C=O) groups excluding carboxylic acids is 1. The molecule has 0 aliphatic rings. The Morgan fingerprint density at radius 3 is 2.62 bits per heavy atom. The van der Waals surface area contributed by atoms with Gasteiger partial charge in [0.15, 0.2) is 0 Å². The highest BCUT2D eigenvalue weighted by atomic mass is 31.2. The van der Waals surface area contributed by atoms with Crippen LogP contribution in [0.15, 0.2) is 30.3 Å². The SMILES string of the molecule is COOP(=O)(O)CNC(=O)c1ccccc1. The first-order chi connectivity index (χ1) is 7.55. The van der Waals surface area contributed by atoms with E-state index < -0.39 is 19.8 Å². The zero-order valence-electron chi connectivity index (χ0n) is 8.62. The molecule has 0 saturated carbocycles. The van der Waals surface area contributed by atoms with Gasteiger partial charge in [-0.3, -0.25) is 9.36 Å². The van der Waals surface area contributed by atoms with Crippen LogP contribution in [0, 0.1) is 0 Å². The lowest BCUT2D eigenvalue weighted by molar-refractivity contribution is -0.185. The molecule has 1 unspecified atom stereocenters. The van der Waals surface area contributed by atoms with Crippen LogP contribution < -0.4 is 5.32 Å². The first kappa shape index (κ1) is 12.9. The molecule has 1 amide bonds. The van der Waals surface area contributed by atoms with E-state index in [0.29, 0.717) is 5.56 Å². The number of carbonyl (C=O) groups is 1. The van der Waals surface area contributed by atoms with Gasteiger partial charge in [-0.05, 0) is 12.1 Å². The van der Waals surface area contributed by atoms with E-state index in [1.807, 2.05) is 0 Å². The number of hydrogen-bond acceptors (Lipinski definition) is 4. The third kappa shape index (κ3) is 4.12. The van der Waals surface area contributed by atoms with Crippen molar-refractivity contribution in [3.63, 3.8) is 0 Å². The Morgan fingerprint density at radius 2 is 2.06 bits per heavy atom. The van der Waals surface area contributed by atoms with Crippen LogP contribution in [0.1, 0.15) is 10.4 Å². The highest BCUT2D eigenvalue weighted by Crippen LogP contribution is 2.40. The number of benzene rings is 1. The van der Waals surface area contributed by atoms with Crippen LogP contribution in [0.3, 0.4) is 0 Å². The van der Waals surface area contributed by atoms with Crippen molar-refractivity contribution in [1.29, 1.82) is 0 Å². The summed E-state index contributed by atoms with van der Waals surface area (Å²) in [6.45, 7) is 0. The van der Waals surface area contributed by atoms with E-state index in [1.54, 1.807) is 30.3 Å². The highest BCUT2D eigenvalue weighted by molar-refractivity contribution is 7.52. The van der Waals surface area contributed by atoms with Gasteiger partial charge < -0.3 is 10.2 Å². The van der Waals surface area contributed by atoms with Gasteiger partial charge in [-0.2, -0.15) is 0 Å². The van der Waals surface area contributed by atoms with Crippen LogP contribution >= 0.6 is 7.60 Å². The highest BCUT2D eigenvalue weighted by Gasteiger charge is 2.21. The molecular weight excluding hydrogens is 233 g/mol. The van der Waals surface area contributed by atoms with Crippen molar-refractivity contribution in [2.75, 3.05) is 13.4 Å². The van der Waals surface area contributed by atoms with Gasteiger partial charge in [-0.15, -0.1) is 4.67 Å². The Balaban J connectivity index is 2.51. The maximum Gasteiger partial charge on any atom is 0.374 e. The first-order valence-electron chi connectivity index (χ1n) is 4.42. The minimum absolute atomic E-state index is 0.403. The fourth-order valence-electron chi connectivity index (χ4n) is 1.01. The summed E-state index contributed by atoms with van der Waals surface area (Å²) in [6.07, 6.45) is -0.505. The lowest BCUT2D eigenvalue weighted by atomic mass is 10.2. The quantitative estimate of drug-likeness (QED) is 0.461. The second kappa shape index (κ2) is 5.77. The van der Waals surface area contributed by atoms with Gasteiger partial charge in [0.2, 0.25) is 0 Å². The van der Waals surface area contributed by atoms with Crippen LogP contribution in [0.4, 0.5) is 0 Å². The fourth-order valence-corrected chi connectivity index (χ4v) is 1.64. The maximum absolute atomic E-state index is 11.5. The zero-order valence-corrected chi connectivity index (χ0v) is 9.52. The molecule has 0 saturated heterocycles. The van der Waals surface area contributed by atoms with Crippen molar-refractivity contribution in [3.8, 4) is 0 Å². The normalized spacial score (nSPS) is 14.1. The number of hydrogen-bond donors (Lipinski definition) is 2. The Hall–Kier alpha value is -1.20. The number of rotatable bonds is 5. The summed E-state index contributed by atoms with van der Waals surface area (Å²) in [6, 6.07) is 8.34. The van der Waals surface area contributed by atoms with E-state index in [9.17, 15) is 9.36 Å². The van der Waals surface area contributed by atoms with Gasteiger partial charge in [0, 0.05) is 5.56 Å². The number of nitrogens with one attached hydrogen (secondary N) is 1. The molecular formula is C9H12NO5P. The van der Waals surface area contributed by atoms with Gasteiger partial charge in [-0.25, -0.2) is 4.89 Å². The second-order valence-electron chi connectivity index (χ2n) is 2.91. The van der Waals surface area contributed by atoms with E-state index in [2.05, 4.69) is 14.9 Å². The summed E-state index contributed by atoms with van der Waals surface area (Å²) in [4.78, 5) is 24.6. The molecule has 0 aliphatic heterocycles. The predicted molar refractivity (Wildman–Crippen MR) is 56.7 cm³/mol. The lowest BCUT2D eigenvalue weighted by Crippen LogP contribution is -2.24. The third-order valence-electron chi connectivity index (χ3n) is 1.67. The molecule has 6 nitrogen and oxygen atoms in total. The van der Waals surface area contributed by atoms with Crippen LogP contribution in [0.2, 0.25) is 0 Å². The molecule has 0 aromatic heterocycles. The molecule has 16 heavy (non-hydrogen) atoms. The molecule has 7 heteroatoms. The summed E-state index contributed by atoms with van der Waals surface area (Å²) in [5.41, 5.74) is 0.403. The van der Waals surface area contributed by atoms with Crippen molar-refractivity contribution in [1.82, 2.24) is 5.32 Å². The van der Waals surface area contributed by atoms with Gasteiger partial charge in [0.05, 0.1) is 7.11 Å². The standard InChI is InChI=1S/C9H12NO5P/c1-14-15-16(12,13)7-10-9(11)8-5-3-2-4-6-8/h2-6H,7H2,1H3,(H,10,11)(H,12,13). The molecule has 1 aromatic rings. The lowest BCUT2D eigenvalue weighted by Gasteiger charge is -2.10. The molecule has 0 spiro atoms. The Bertz CT molecular complexity index is 394. The molecule has 0 bridgehead atoms. The summed E-state index contributed by atoms with van der Waals surface area (Å²) in [5.74, 6) is -0.449. The molecule has 0 radical (unpaired) electrons. The Morgan fingerprint density at radius 1 is 1.44 bits per heavy atom. The van der Waals surface area contributed by atoms with Gasteiger partial charge in [0.1, 0.15) is 6.29 Å². The van der Waals surface area contributed by atoms with Crippen LogP contribution in [0.5, 0.6) is 0 Å². The summed E-state index contributed by atoms with van der Waals surface area (Å²) >= 11 is 0. The molecule has 88 valence electrons. The summed E-state index contributed by atoms with van der Waals surface area (Å²) < 4.78 is 15.3.